The molecule has 4 heteroatoms. The van der Waals surface area contributed by atoms with Gasteiger partial charge in [-0.15, -0.1) is 6.58 Å². The summed E-state index contributed by atoms with van der Waals surface area (Å²) >= 11 is 5.76. The van der Waals surface area contributed by atoms with E-state index in [0.717, 1.165) is 5.56 Å². The second kappa shape index (κ2) is 4.25. The molecule has 1 rings (SSSR count). The van der Waals surface area contributed by atoms with E-state index in [9.17, 15) is 0 Å². The van der Waals surface area contributed by atoms with E-state index in [1.165, 1.54) is 6.20 Å². The molecule has 3 nitrogen and oxygen atoms in total. The van der Waals surface area contributed by atoms with Crippen molar-refractivity contribution in [1.82, 2.24) is 4.98 Å². The highest BCUT2D eigenvalue weighted by molar-refractivity contribution is 6.30. The van der Waals surface area contributed by atoms with Gasteiger partial charge in [0.25, 0.3) is 0 Å². The Morgan fingerprint density at radius 1 is 1.69 bits per heavy atom. The van der Waals surface area contributed by atoms with E-state index in [2.05, 4.69) is 11.6 Å². The molecule has 1 unspecified atom stereocenters. The van der Waals surface area contributed by atoms with Crippen LogP contribution in [-0.2, 0) is 0 Å². The van der Waals surface area contributed by atoms with Gasteiger partial charge >= 0.3 is 0 Å². The summed E-state index contributed by atoms with van der Waals surface area (Å²) in [5.74, 6) is 0.429. The standard InChI is InChI=1S/C9H12ClN3/c1-2-3-8(11)7-4-6(10)5-13-9(7)12/h2,4-5,8H,1,3,11H2,(H2,12,13). The summed E-state index contributed by atoms with van der Waals surface area (Å²) in [6.45, 7) is 3.60. The largest absolute Gasteiger partial charge is 0.383 e. The van der Waals surface area contributed by atoms with Crippen molar-refractivity contribution in [2.75, 3.05) is 5.73 Å². The SMILES string of the molecule is C=CCC(N)c1cc(Cl)cnc1N. The van der Waals surface area contributed by atoms with E-state index < -0.39 is 0 Å². The first-order valence-corrected chi connectivity index (χ1v) is 4.30. The molecular weight excluding hydrogens is 186 g/mol. The smallest absolute Gasteiger partial charge is 0.128 e. The van der Waals surface area contributed by atoms with Crippen LogP contribution in [0, 0.1) is 0 Å². The second-order valence-corrected chi connectivity index (χ2v) is 3.20. The van der Waals surface area contributed by atoms with Crippen molar-refractivity contribution >= 4 is 17.4 Å². The van der Waals surface area contributed by atoms with Crippen LogP contribution in [0.4, 0.5) is 5.82 Å². The van der Waals surface area contributed by atoms with Crippen LogP contribution >= 0.6 is 11.6 Å². The van der Waals surface area contributed by atoms with E-state index in [1.807, 2.05) is 0 Å². The molecule has 0 aliphatic rings. The molecule has 0 aromatic carbocycles. The molecule has 0 fully saturated rings. The maximum atomic E-state index is 5.83. The molecule has 0 spiro atoms. The van der Waals surface area contributed by atoms with Gasteiger partial charge in [-0.2, -0.15) is 0 Å². The average Bonchev–Trinajstić information content (AvgIpc) is 2.09. The maximum Gasteiger partial charge on any atom is 0.128 e. The Balaban J connectivity index is 2.97. The molecule has 1 aromatic rings. The Labute approximate surface area is 82.4 Å². The van der Waals surface area contributed by atoms with Gasteiger partial charge in [-0.05, 0) is 12.5 Å². The molecule has 0 saturated carbocycles. The fourth-order valence-electron chi connectivity index (χ4n) is 1.07. The molecule has 1 heterocycles. The summed E-state index contributed by atoms with van der Waals surface area (Å²) in [6, 6.07) is 1.56. The molecular formula is C9H12ClN3. The van der Waals surface area contributed by atoms with Gasteiger partial charge in [0, 0.05) is 17.8 Å². The van der Waals surface area contributed by atoms with E-state index >= 15 is 0 Å². The van der Waals surface area contributed by atoms with Crippen LogP contribution in [0.5, 0.6) is 0 Å². The topological polar surface area (TPSA) is 64.9 Å². The Bertz CT molecular complexity index is 312. The lowest BCUT2D eigenvalue weighted by Crippen LogP contribution is -2.12. The van der Waals surface area contributed by atoms with Gasteiger partial charge in [-0.25, -0.2) is 4.98 Å². The molecule has 0 radical (unpaired) electrons. The number of nitrogens with two attached hydrogens (primary N) is 2. The molecule has 70 valence electrons. The maximum absolute atomic E-state index is 5.83. The van der Waals surface area contributed by atoms with E-state index in [4.69, 9.17) is 23.1 Å². The average molecular weight is 198 g/mol. The number of halogens is 1. The van der Waals surface area contributed by atoms with Crippen LogP contribution in [0.3, 0.4) is 0 Å². The molecule has 0 saturated heterocycles. The first kappa shape index (κ1) is 10.0. The normalized spacial score (nSPS) is 12.5. The second-order valence-electron chi connectivity index (χ2n) is 2.76. The Morgan fingerprint density at radius 3 is 3.00 bits per heavy atom. The first-order chi connectivity index (χ1) is 6.15. The number of nitrogens with zero attached hydrogens (tertiary/aromatic N) is 1. The predicted octanol–water partition coefficient (Wildman–Crippen LogP) is 1.89. The minimum absolute atomic E-state index is 0.177. The number of hydrogen-bond donors (Lipinski definition) is 2. The van der Waals surface area contributed by atoms with Crippen molar-refractivity contribution in [1.29, 1.82) is 0 Å². The Kier molecular flexibility index (Phi) is 3.28. The third-order valence-electron chi connectivity index (χ3n) is 1.74. The molecule has 13 heavy (non-hydrogen) atoms. The molecule has 0 aliphatic heterocycles. The summed E-state index contributed by atoms with van der Waals surface area (Å²) in [6.07, 6.45) is 3.90. The fraction of sp³-hybridized carbons (Fsp3) is 0.222. The van der Waals surface area contributed by atoms with Crippen LogP contribution in [0.2, 0.25) is 5.02 Å². The Hall–Kier alpha value is -1.06. The summed E-state index contributed by atoms with van der Waals surface area (Å²) in [4.78, 5) is 3.91. The van der Waals surface area contributed by atoms with Crippen molar-refractivity contribution in [3.05, 3.63) is 35.5 Å². The molecule has 0 bridgehead atoms. The number of hydrogen-bond acceptors (Lipinski definition) is 3. The van der Waals surface area contributed by atoms with Gasteiger partial charge < -0.3 is 11.5 Å². The van der Waals surface area contributed by atoms with Crippen LogP contribution in [-0.4, -0.2) is 4.98 Å². The Morgan fingerprint density at radius 2 is 2.38 bits per heavy atom. The van der Waals surface area contributed by atoms with Crippen molar-refractivity contribution < 1.29 is 0 Å². The number of rotatable bonds is 3. The lowest BCUT2D eigenvalue weighted by molar-refractivity contribution is 0.741. The van der Waals surface area contributed by atoms with Crippen LogP contribution in [0.25, 0.3) is 0 Å². The zero-order valence-corrected chi connectivity index (χ0v) is 7.96. The van der Waals surface area contributed by atoms with Gasteiger partial charge in [-0.3, -0.25) is 0 Å². The minimum Gasteiger partial charge on any atom is -0.383 e. The monoisotopic (exact) mass is 197 g/mol. The van der Waals surface area contributed by atoms with Crippen molar-refractivity contribution in [2.24, 2.45) is 5.73 Å². The molecule has 0 aliphatic carbocycles. The highest BCUT2D eigenvalue weighted by atomic mass is 35.5. The summed E-state index contributed by atoms with van der Waals surface area (Å²) < 4.78 is 0. The zero-order chi connectivity index (χ0) is 9.84. The molecule has 4 N–H and O–H groups in total. The summed E-state index contributed by atoms with van der Waals surface area (Å²) in [5, 5.41) is 0.545. The molecule has 1 atom stereocenters. The molecule has 1 aromatic heterocycles. The third-order valence-corrected chi connectivity index (χ3v) is 1.94. The number of aromatic nitrogens is 1. The first-order valence-electron chi connectivity index (χ1n) is 3.92. The lowest BCUT2D eigenvalue weighted by atomic mass is 10.1. The molecule has 0 amide bonds. The van der Waals surface area contributed by atoms with Gasteiger partial charge in [0.05, 0.1) is 5.02 Å². The van der Waals surface area contributed by atoms with Gasteiger partial charge in [-0.1, -0.05) is 17.7 Å². The zero-order valence-electron chi connectivity index (χ0n) is 7.20. The minimum atomic E-state index is -0.177. The van der Waals surface area contributed by atoms with Crippen molar-refractivity contribution in [3.8, 4) is 0 Å². The predicted molar refractivity (Wildman–Crippen MR) is 55.4 cm³/mol. The van der Waals surface area contributed by atoms with Crippen LogP contribution < -0.4 is 11.5 Å². The highest BCUT2D eigenvalue weighted by Crippen LogP contribution is 2.22. The summed E-state index contributed by atoms with van der Waals surface area (Å²) in [7, 11) is 0. The van der Waals surface area contributed by atoms with Crippen molar-refractivity contribution in [3.63, 3.8) is 0 Å². The third kappa shape index (κ3) is 2.44. The van der Waals surface area contributed by atoms with Crippen LogP contribution in [0.1, 0.15) is 18.0 Å². The summed E-state index contributed by atoms with van der Waals surface area (Å²) in [5.41, 5.74) is 12.2. The lowest BCUT2D eigenvalue weighted by Gasteiger charge is -2.11. The van der Waals surface area contributed by atoms with E-state index in [-0.39, 0.29) is 6.04 Å². The van der Waals surface area contributed by atoms with E-state index in [0.29, 0.717) is 17.3 Å². The van der Waals surface area contributed by atoms with Gasteiger partial charge in [0.2, 0.25) is 0 Å². The quantitative estimate of drug-likeness (QED) is 0.728. The number of nitrogen functional groups attached to an aromatic ring is 1. The van der Waals surface area contributed by atoms with Crippen LogP contribution in [0.15, 0.2) is 24.9 Å². The number of anilines is 1. The number of pyridine rings is 1. The van der Waals surface area contributed by atoms with E-state index in [1.54, 1.807) is 12.1 Å². The van der Waals surface area contributed by atoms with Gasteiger partial charge in [0.15, 0.2) is 0 Å². The highest BCUT2D eigenvalue weighted by Gasteiger charge is 2.09. The van der Waals surface area contributed by atoms with Crippen molar-refractivity contribution in [2.45, 2.75) is 12.5 Å². The van der Waals surface area contributed by atoms with Gasteiger partial charge in [0.1, 0.15) is 5.82 Å². The fourth-order valence-corrected chi connectivity index (χ4v) is 1.24.